The Labute approximate surface area is 222 Å². The van der Waals surface area contributed by atoms with Gasteiger partial charge in [-0.2, -0.15) is 0 Å². The summed E-state index contributed by atoms with van der Waals surface area (Å²) in [5.74, 6) is 0.975. The highest BCUT2D eigenvalue weighted by Crippen LogP contribution is 2.42. The number of hydrogen-bond donors (Lipinski definition) is 1. The van der Waals surface area contributed by atoms with Gasteiger partial charge in [0, 0.05) is 24.0 Å². The average Bonchev–Trinajstić information content (AvgIpc) is 3.02. The Bertz CT molecular complexity index is 1060. The van der Waals surface area contributed by atoms with Crippen LogP contribution in [-0.4, -0.2) is 76.3 Å². The molecule has 8 nitrogen and oxygen atoms in total. The van der Waals surface area contributed by atoms with Gasteiger partial charge in [0.2, 0.25) is 5.60 Å². The maximum Gasteiger partial charge on any atom is 0.347 e. The van der Waals surface area contributed by atoms with Crippen molar-refractivity contribution in [3.05, 3.63) is 59.7 Å². The molecule has 2 bridgehead atoms. The van der Waals surface area contributed by atoms with E-state index in [1.54, 1.807) is 36.4 Å². The molecule has 4 rings (SSSR count). The number of ether oxygens (including phenoxy) is 5. The molecule has 2 aliphatic heterocycles. The first-order valence-electron chi connectivity index (χ1n) is 11.6. The number of carbonyl (C=O) groups is 1. The minimum Gasteiger partial charge on any atom is -1.00 e. The van der Waals surface area contributed by atoms with Gasteiger partial charge in [0.15, 0.2) is 23.0 Å². The summed E-state index contributed by atoms with van der Waals surface area (Å²) in [5, 5.41) is 12.1. The summed E-state index contributed by atoms with van der Waals surface area (Å²) in [5.41, 5.74) is -1.53. The van der Waals surface area contributed by atoms with Crippen molar-refractivity contribution in [2.24, 2.45) is 0 Å². The van der Waals surface area contributed by atoms with Gasteiger partial charge in [-0.25, -0.2) is 4.79 Å². The van der Waals surface area contributed by atoms with Crippen molar-refractivity contribution < 1.29 is 55.0 Å². The number of rotatable bonds is 8. The summed E-state index contributed by atoms with van der Waals surface area (Å²) in [4.78, 5) is 13.8. The van der Waals surface area contributed by atoms with Gasteiger partial charge in [-0.05, 0) is 36.4 Å². The molecule has 0 aliphatic carbocycles. The molecule has 3 atom stereocenters. The number of esters is 1. The van der Waals surface area contributed by atoms with E-state index in [0.717, 1.165) is 4.48 Å². The number of fused-ring (bicyclic) bond motifs is 2. The van der Waals surface area contributed by atoms with Gasteiger partial charge in [-0.1, -0.05) is 12.1 Å². The molecule has 2 unspecified atom stereocenters. The lowest BCUT2D eigenvalue weighted by Gasteiger charge is -2.44. The molecule has 2 aromatic carbocycles. The molecule has 2 aliphatic rings. The monoisotopic (exact) mass is 563 g/mol. The molecule has 0 amide bonds. The summed E-state index contributed by atoms with van der Waals surface area (Å²) >= 11 is 0. The minimum absolute atomic E-state index is 0. The van der Waals surface area contributed by atoms with Gasteiger partial charge >= 0.3 is 5.97 Å². The molecular formula is C27H34BrNO7. The molecule has 36 heavy (non-hydrogen) atoms. The van der Waals surface area contributed by atoms with Crippen LogP contribution in [0.1, 0.15) is 24.0 Å². The second kappa shape index (κ2) is 10.7. The van der Waals surface area contributed by atoms with Gasteiger partial charge < -0.3 is 50.3 Å². The van der Waals surface area contributed by atoms with Crippen molar-refractivity contribution >= 4 is 5.97 Å². The smallest absolute Gasteiger partial charge is 0.347 e. The molecule has 1 saturated heterocycles. The van der Waals surface area contributed by atoms with Crippen molar-refractivity contribution in [2.75, 3.05) is 42.5 Å². The maximum atomic E-state index is 13.8. The molecule has 196 valence electrons. The Balaban J connectivity index is 0.00000361. The molecule has 1 fully saturated rings. The van der Waals surface area contributed by atoms with Crippen molar-refractivity contribution in [3.8, 4) is 23.0 Å². The molecule has 0 radical (unpaired) electrons. The minimum atomic E-state index is -2.12. The number of nitrogens with zero attached hydrogens (tertiary/aromatic N) is 1. The third kappa shape index (κ3) is 4.67. The summed E-state index contributed by atoms with van der Waals surface area (Å²) in [6, 6.07) is 10.3. The second-order valence-corrected chi connectivity index (χ2v) is 9.50. The lowest BCUT2D eigenvalue weighted by molar-refractivity contribution is -0.926. The van der Waals surface area contributed by atoms with Gasteiger partial charge in [0.05, 0.1) is 42.5 Å². The first kappa shape index (κ1) is 27.8. The zero-order chi connectivity index (χ0) is 25.4. The molecule has 0 saturated carbocycles. The zero-order valence-corrected chi connectivity index (χ0v) is 23.1. The predicted molar refractivity (Wildman–Crippen MR) is 130 cm³/mol. The fourth-order valence-corrected chi connectivity index (χ4v) is 5.14. The quantitative estimate of drug-likeness (QED) is 0.276. The highest BCUT2D eigenvalue weighted by Gasteiger charge is 2.49. The number of likely N-dealkylation sites (N-methyl/N-ethyl adjacent to an activating group) is 1. The number of quaternary nitrogens is 1. The van der Waals surface area contributed by atoms with Crippen molar-refractivity contribution in [1.29, 1.82) is 0 Å². The number of aliphatic hydroxyl groups is 1. The molecule has 9 heteroatoms. The van der Waals surface area contributed by atoms with Crippen LogP contribution in [-0.2, 0) is 15.1 Å². The normalized spacial score (nSPS) is 21.8. The van der Waals surface area contributed by atoms with Gasteiger partial charge in [-0.15, -0.1) is 0 Å². The molecule has 0 aromatic heterocycles. The molecule has 0 spiro atoms. The highest BCUT2D eigenvalue weighted by atomic mass is 79.9. The SMILES string of the molecule is COc1ccc(C(O)(C(=O)OC2CC3C=C[C@H](C2)[N+]3(C)C)c2ccc(OC)c(OC)c2)cc1OC.[Br-]. The maximum absolute atomic E-state index is 13.8. The number of hydrogen-bond acceptors (Lipinski definition) is 7. The van der Waals surface area contributed by atoms with Crippen LogP contribution in [0.3, 0.4) is 0 Å². The van der Waals surface area contributed by atoms with E-state index >= 15 is 0 Å². The van der Waals surface area contributed by atoms with Crippen LogP contribution in [0.5, 0.6) is 23.0 Å². The Morgan fingerprint density at radius 1 is 0.806 bits per heavy atom. The van der Waals surface area contributed by atoms with Crippen molar-refractivity contribution in [3.63, 3.8) is 0 Å². The van der Waals surface area contributed by atoms with Crippen LogP contribution in [0.4, 0.5) is 0 Å². The summed E-state index contributed by atoms with van der Waals surface area (Å²) < 4.78 is 28.4. The Kier molecular flexibility index (Phi) is 8.27. The van der Waals surface area contributed by atoms with Crippen molar-refractivity contribution in [2.45, 2.75) is 36.6 Å². The number of methoxy groups -OCH3 is 4. The van der Waals surface area contributed by atoms with Crippen LogP contribution in [0.25, 0.3) is 0 Å². The van der Waals surface area contributed by atoms with E-state index in [1.807, 2.05) is 0 Å². The zero-order valence-electron chi connectivity index (χ0n) is 21.5. The van der Waals surface area contributed by atoms with E-state index in [9.17, 15) is 9.90 Å². The van der Waals surface area contributed by atoms with Crippen LogP contribution in [0, 0.1) is 0 Å². The van der Waals surface area contributed by atoms with E-state index in [0.29, 0.717) is 47.0 Å². The van der Waals surface area contributed by atoms with Gasteiger partial charge in [0.25, 0.3) is 0 Å². The Hall–Kier alpha value is -2.75. The second-order valence-electron chi connectivity index (χ2n) is 9.50. The summed E-state index contributed by atoms with van der Waals surface area (Å²) in [6.07, 6.45) is 5.48. The fourth-order valence-electron chi connectivity index (χ4n) is 5.14. The highest BCUT2D eigenvalue weighted by molar-refractivity contribution is 5.86. The summed E-state index contributed by atoms with van der Waals surface area (Å²) in [6.45, 7) is 0. The van der Waals surface area contributed by atoms with E-state index in [2.05, 4.69) is 26.2 Å². The lowest BCUT2D eigenvalue weighted by Crippen LogP contribution is -3.00. The third-order valence-corrected chi connectivity index (χ3v) is 7.45. The standard InChI is InChI=1S/C27H34NO7.BrH/c1-28(2)19-9-10-20(28)16-21(15-19)35-26(29)27(30,17-7-11-22(31-3)24(13-17)33-5)18-8-12-23(32-4)25(14-18)34-6;/h7-14,19-21,30H,15-16H2,1-6H3;1H/q+1;/p-1/t19-,20?,21?;/m1./s1. The van der Waals surface area contributed by atoms with E-state index in [1.165, 1.54) is 28.4 Å². The number of piperidine rings is 1. The Morgan fingerprint density at radius 3 is 1.61 bits per heavy atom. The lowest BCUT2D eigenvalue weighted by atomic mass is 9.85. The predicted octanol–water partition coefficient (Wildman–Crippen LogP) is 0.0499. The first-order chi connectivity index (χ1) is 16.7. The van der Waals surface area contributed by atoms with Crippen LogP contribution in [0.15, 0.2) is 48.6 Å². The van der Waals surface area contributed by atoms with Crippen LogP contribution >= 0.6 is 0 Å². The third-order valence-electron chi connectivity index (χ3n) is 7.45. The number of benzene rings is 2. The van der Waals surface area contributed by atoms with E-state index < -0.39 is 11.6 Å². The number of carbonyl (C=O) groups excluding carboxylic acids is 1. The largest absolute Gasteiger partial charge is 1.00 e. The summed E-state index contributed by atoms with van der Waals surface area (Å²) in [7, 11) is 10.4. The first-order valence-corrected chi connectivity index (χ1v) is 11.6. The van der Waals surface area contributed by atoms with E-state index in [4.69, 9.17) is 23.7 Å². The average molecular weight is 564 g/mol. The van der Waals surface area contributed by atoms with E-state index in [-0.39, 0.29) is 35.2 Å². The Morgan fingerprint density at radius 2 is 1.22 bits per heavy atom. The molecule has 2 heterocycles. The molecule has 1 N–H and O–H groups in total. The number of halogens is 1. The van der Waals surface area contributed by atoms with Crippen molar-refractivity contribution in [1.82, 2.24) is 0 Å². The molecular weight excluding hydrogens is 530 g/mol. The van der Waals surface area contributed by atoms with Gasteiger partial charge in [-0.3, -0.25) is 0 Å². The van der Waals surface area contributed by atoms with Crippen LogP contribution < -0.4 is 35.9 Å². The molecule has 2 aromatic rings. The fraction of sp³-hybridized carbons (Fsp3) is 0.444. The van der Waals surface area contributed by atoms with Crippen LogP contribution in [0.2, 0.25) is 0 Å². The topological polar surface area (TPSA) is 83.5 Å². The van der Waals surface area contributed by atoms with Gasteiger partial charge in [0.1, 0.15) is 18.2 Å².